The first kappa shape index (κ1) is 14.9. The van der Waals surface area contributed by atoms with Crippen LogP contribution in [0.25, 0.3) is 0 Å². The molecule has 0 bridgehead atoms. The molecule has 2 nitrogen and oxygen atoms in total. The van der Waals surface area contributed by atoms with Gasteiger partial charge in [-0.2, -0.15) is 0 Å². The van der Waals surface area contributed by atoms with E-state index < -0.39 is 0 Å². The molecule has 2 fully saturated rings. The summed E-state index contributed by atoms with van der Waals surface area (Å²) in [6, 6.07) is 7.05. The maximum absolute atomic E-state index is 3.43. The Bertz CT molecular complexity index is 469. The predicted octanol–water partition coefficient (Wildman–Crippen LogP) is 4.12. The van der Waals surface area contributed by atoms with E-state index in [1.807, 2.05) is 0 Å². The number of anilines is 1. The summed E-state index contributed by atoms with van der Waals surface area (Å²) in [6.45, 7) is 9.00. The summed E-state index contributed by atoms with van der Waals surface area (Å²) in [5, 5.41) is 3.43. The highest BCUT2D eigenvalue weighted by Gasteiger charge is 2.31. The average Bonchev–Trinajstić information content (AvgIpc) is 2.53. The smallest absolute Gasteiger partial charge is 0.0369 e. The second kappa shape index (κ2) is 6.83. The van der Waals surface area contributed by atoms with Gasteiger partial charge in [-0.3, -0.25) is 0 Å². The first-order valence-electron chi connectivity index (χ1n) is 8.83. The third-order valence-electron chi connectivity index (χ3n) is 5.55. The Hall–Kier alpha value is -1.02. The van der Waals surface area contributed by atoms with Gasteiger partial charge in [-0.1, -0.05) is 32.3 Å². The first-order valence-corrected chi connectivity index (χ1v) is 8.83. The van der Waals surface area contributed by atoms with E-state index in [2.05, 4.69) is 42.3 Å². The van der Waals surface area contributed by atoms with E-state index in [0.29, 0.717) is 0 Å². The van der Waals surface area contributed by atoms with Crippen LogP contribution in [0.15, 0.2) is 18.2 Å². The van der Waals surface area contributed by atoms with Crippen molar-refractivity contribution in [2.75, 3.05) is 24.5 Å². The quantitative estimate of drug-likeness (QED) is 0.895. The molecule has 1 saturated heterocycles. The molecule has 1 heterocycles. The molecule has 1 N–H and O–H groups in total. The first-order chi connectivity index (χ1) is 10.3. The van der Waals surface area contributed by atoms with Crippen LogP contribution in [0.1, 0.15) is 50.2 Å². The number of rotatable bonds is 4. The summed E-state index contributed by atoms with van der Waals surface area (Å²) < 4.78 is 0. The molecule has 0 aromatic heterocycles. The van der Waals surface area contributed by atoms with Gasteiger partial charge in [-0.25, -0.2) is 0 Å². The van der Waals surface area contributed by atoms with Crippen LogP contribution < -0.4 is 10.2 Å². The molecule has 0 amide bonds. The lowest BCUT2D eigenvalue weighted by Crippen LogP contribution is -2.41. The maximum Gasteiger partial charge on any atom is 0.0369 e. The van der Waals surface area contributed by atoms with Crippen LogP contribution in [-0.4, -0.2) is 19.6 Å². The molecule has 1 aliphatic heterocycles. The third-order valence-corrected chi connectivity index (χ3v) is 5.55. The van der Waals surface area contributed by atoms with E-state index in [-0.39, 0.29) is 0 Å². The Morgan fingerprint density at radius 3 is 2.71 bits per heavy atom. The monoisotopic (exact) mass is 286 g/mol. The fourth-order valence-corrected chi connectivity index (χ4v) is 4.17. The second-order valence-electron chi connectivity index (χ2n) is 6.93. The molecule has 1 aliphatic carbocycles. The molecule has 2 atom stereocenters. The van der Waals surface area contributed by atoms with Crippen molar-refractivity contribution in [1.29, 1.82) is 0 Å². The summed E-state index contributed by atoms with van der Waals surface area (Å²) in [4.78, 5) is 2.64. The van der Waals surface area contributed by atoms with Gasteiger partial charge in [0.1, 0.15) is 0 Å². The number of nitrogens with zero attached hydrogens (tertiary/aromatic N) is 1. The van der Waals surface area contributed by atoms with Crippen molar-refractivity contribution >= 4 is 5.69 Å². The fraction of sp³-hybridized carbons (Fsp3) is 0.684. The summed E-state index contributed by atoms with van der Waals surface area (Å²) in [6.07, 6.45) is 7.27. The molecule has 2 unspecified atom stereocenters. The van der Waals surface area contributed by atoms with Crippen molar-refractivity contribution in [3.05, 3.63) is 29.3 Å². The summed E-state index contributed by atoms with van der Waals surface area (Å²) in [5.41, 5.74) is 4.31. The number of hydrogen-bond acceptors (Lipinski definition) is 2. The van der Waals surface area contributed by atoms with E-state index in [9.17, 15) is 0 Å². The van der Waals surface area contributed by atoms with E-state index in [4.69, 9.17) is 0 Å². The molecule has 1 saturated carbocycles. The summed E-state index contributed by atoms with van der Waals surface area (Å²) in [5.74, 6) is 1.97. The zero-order valence-corrected chi connectivity index (χ0v) is 13.7. The molecule has 1 aromatic rings. The Morgan fingerprint density at radius 2 is 1.95 bits per heavy atom. The Labute approximate surface area is 129 Å². The number of fused-ring (bicyclic) bond motifs is 1. The summed E-state index contributed by atoms with van der Waals surface area (Å²) in [7, 11) is 0. The Balaban J connectivity index is 1.67. The molecule has 0 radical (unpaired) electrons. The largest absolute Gasteiger partial charge is 0.371 e. The molecule has 2 heteroatoms. The number of aryl methyl sites for hydroxylation is 1. The highest BCUT2D eigenvalue weighted by atomic mass is 15.1. The van der Waals surface area contributed by atoms with Gasteiger partial charge in [0.25, 0.3) is 0 Å². The number of piperidine rings is 1. The number of benzene rings is 1. The minimum absolute atomic E-state index is 0.953. The standard InChI is InChI=1S/C19H30N2/c1-3-20-13-17-8-9-19(12-15(17)2)21-11-10-16-6-4-5-7-18(16)14-21/h8-9,12,16,18,20H,3-7,10-11,13-14H2,1-2H3. The molecule has 1 aromatic carbocycles. The molecule has 116 valence electrons. The van der Waals surface area contributed by atoms with E-state index >= 15 is 0 Å². The second-order valence-corrected chi connectivity index (χ2v) is 6.93. The topological polar surface area (TPSA) is 15.3 Å². The van der Waals surface area contributed by atoms with Crippen molar-refractivity contribution in [3.63, 3.8) is 0 Å². The average molecular weight is 286 g/mol. The van der Waals surface area contributed by atoms with Crippen molar-refractivity contribution in [2.24, 2.45) is 11.8 Å². The molecular weight excluding hydrogens is 256 g/mol. The maximum atomic E-state index is 3.43. The SMILES string of the molecule is CCNCc1ccc(N2CCC3CCCCC3C2)cc1C. The van der Waals surface area contributed by atoms with Gasteiger partial charge >= 0.3 is 0 Å². The molecule has 21 heavy (non-hydrogen) atoms. The third kappa shape index (κ3) is 3.42. The minimum atomic E-state index is 0.953. The van der Waals surface area contributed by atoms with Crippen LogP contribution in [0.5, 0.6) is 0 Å². The molecule has 3 rings (SSSR count). The Kier molecular flexibility index (Phi) is 4.84. The van der Waals surface area contributed by atoms with Crippen LogP contribution in [0.4, 0.5) is 5.69 Å². The van der Waals surface area contributed by atoms with Crippen molar-refractivity contribution in [1.82, 2.24) is 5.32 Å². The lowest BCUT2D eigenvalue weighted by molar-refractivity contribution is 0.202. The van der Waals surface area contributed by atoms with Gasteiger partial charge in [0, 0.05) is 25.3 Å². The highest BCUT2D eigenvalue weighted by molar-refractivity contribution is 5.51. The van der Waals surface area contributed by atoms with E-state index in [1.165, 1.54) is 62.0 Å². The van der Waals surface area contributed by atoms with Crippen molar-refractivity contribution in [3.8, 4) is 0 Å². The molecule has 2 aliphatic rings. The zero-order chi connectivity index (χ0) is 14.7. The van der Waals surface area contributed by atoms with Crippen LogP contribution in [0.2, 0.25) is 0 Å². The molecular formula is C19H30N2. The highest BCUT2D eigenvalue weighted by Crippen LogP contribution is 2.37. The van der Waals surface area contributed by atoms with Crippen LogP contribution in [-0.2, 0) is 6.54 Å². The zero-order valence-electron chi connectivity index (χ0n) is 13.7. The minimum Gasteiger partial charge on any atom is -0.371 e. The normalized spacial score (nSPS) is 25.7. The lowest BCUT2D eigenvalue weighted by atomic mass is 9.75. The number of nitrogens with one attached hydrogen (secondary N) is 1. The van der Waals surface area contributed by atoms with Crippen LogP contribution in [0.3, 0.4) is 0 Å². The van der Waals surface area contributed by atoms with Crippen molar-refractivity contribution in [2.45, 2.75) is 52.5 Å². The van der Waals surface area contributed by atoms with Gasteiger partial charge in [-0.05, 0) is 61.4 Å². The van der Waals surface area contributed by atoms with Gasteiger partial charge < -0.3 is 10.2 Å². The summed E-state index contributed by atoms with van der Waals surface area (Å²) >= 11 is 0. The van der Waals surface area contributed by atoms with Gasteiger partial charge in [-0.15, -0.1) is 0 Å². The Morgan fingerprint density at radius 1 is 1.14 bits per heavy atom. The van der Waals surface area contributed by atoms with E-state index in [1.54, 1.807) is 0 Å². The number of hydrogen-bond donors (Lipinski definition) is 1. The predicted molar refractivity (Wildman–Crippen MR) is 90.8 cm³/mol. The fourth-order valence-electron chi connectivity index (χ4n) is 4.17. The van der Waals surface area contributed by atoms with Gasteiger partial charge in [0.2, 0.25) is 0 Å². The van der Waals surface area contributed by atoms with E-state index in [0.717, 1.165) is 24.9 Å². The van der Waals surface area contributed by atoms with Crippen LogP contribution >= 0.6 is 0 Å². The van der Waals surface area contributed by atoms with Gasteiger partial charge in [0.15, 0.2) is 0 Å². The lowest BCUT2D eigenvalue weighted by Gasteiger charge is -2.42. The molecule has 0 spiro atoms. The van der Waals surface area contributed by atoms with Crippen LogP contribution in [0, 0.1) is 18.8 Å². The van der Waals surface area contributed by atoms with Gasteiger partial charge in [0.05, 0.1) is 0 Å². The van der Waals surface area contributed by atoms with Crippen molar-refractivity contribution < 1.29 is 0 Å².